The molecule has 1 atom stereocenters. The first kappa shape index (κ1) is 23.4. The summed E-state index contributed by atoms with van der Waals surface area (Å²) in [5.74, 6) is -1.50. The number of hydrogen-bond acceptors (Lipinski definition) is 6. The van der Waals surface area contributed by atoms with Gasteiger partial charge < -0.3 is 24.1 Å². The molecule has 1 aliphatic rings. The van der Waals surface area contributed by atoms with Gasteiger partial charge in [0.2, 0.25) is 17.1 Å². The number of nitrogens with one attached hydrogen (secondary N) is 1. The second kappa shape index (κ2) is 9.37. The summed E-state index contributed by atoms with van der Waals surface area (Å²) < 4.78 is 10.5. The average Bonchev–Trinajstić information content (AvgIpc) is 3.27. The minimum atomic E-state index is -0.721. The van der Waals surface area contributed by atoms with E-state index in [1.54, 1.807) is 36.1 Å². The first-order valence-corrected chi connectivity index (χ1v) is 11.7. The molecule has 2 N–H and O–H groups in total. The minimum Gasteiger partial charge on any atom is -0.502 e. The van der Waals surface area contributed by atoms with Gasteiger partial charge in [-0.3, -0.25) is 9.59 Å². The lowest BCUT2D eigenvalue weighted by atomic mass is 9.90. The maximum absolute atomic E-state index is 13.5. The molecule has 0 radical (unpaired) electrons. The van der Waals surface area contributed by atoms with Crippen LogP contribution in [0.25, 0.3) is 10.9 Å². The molecule has 4 aromatic rings. The van der Waals surface area contributed by atoms with Crippen LogP contribution < -0.4 is 5.43 Å². The van der Waals surface area contributed by atoms with Gasteiger partial charge in [0.05, 0.1) is 25.1 Å². The van der Waals surface area contributed by atoms with Crippen molar-refractivity contribution in [3.05, 3.63) is 98.7 Å². The van der Waals surface area contributed by atoms with Gasteiger partial charge in [-0.1, -0.05) is 30.3 Å². The third-order valence-electron chi connectivity index (χ3n) is 6.74. The predicted molar refractivity (Wildman–Crippen MR) is 133 cm³/mol. The number of amides is 1. The van der Waals surface area contributed by atoms with Crippen LogP contribution >= 0.6 is 0 Å². The number of aryl methyl sites for hydroxylation is 1. The number of carbonyl (C=O) groups excluding carboxylic acids is 2. The van der Waals surface area contributed by atoms with Crippen LogP contribution in [0.2, 0.25) is 0 Å². The van der Waals surface area contributed by atoms with Crippen LogP contribution in [0.5, 0.6) is 5.75 Å². The molecule has 0 fully saturated rings. The molecule has 0 unspecified atom stereocenters. The van der Waals surface area contributed by atoms with Crippen molar-refractivity contribution in [1.29, 1.82) is 0 Å². The van der Waals surface area contributed by atoms with Gasteiger partial charge in [0, 0.05) is 35.6 Å². The lowest BCUT2D eigenvalue weighted by Crippen LogP contribution is -2.36. The van der Waals surface area contributed by atoms with E-state index < -0.39 is 23.1 Å². The Kier molecular flexibility index (Phi) is 6.10. The number of aromatic hydroxyl groups is 1. The van der Waals surface area contributed by atoms with Crippen LogP contribution in [-0.4, -0.2) is 40.5 Å². The Morgan fingerprint density at radius 1 is 1.17 bits per heavy atom. The second-order valence-corrected chi connectivity index (χ2v) is 9.00. The Balaban J connectivity index is 1.46. The smallest absolute Gasteiger partial charge is 0.337 e. The number of benzene rings is 2. The monoisotopic (exact) mass is 486 g/mol. The lowest BCUT2D eigenvalue weighted by Gasteiger charge is -2.29. The second-order valence-electron chi connectivity index (χ2n) is 9.00. The highest BCUT2D eigenvalue weighted by atomic mass is 16.5. The van der Waals surface area contributed by atoms with E-state index in [-0.39, 0.29) is 18.1 Å². The summed E-state index contributed by atoms with van der Waals surface area (Å²) in [4.78, 5) is 42.9. The first-order chi connectivity index (χ1) is 17.4. The van der Waals surface area contributed by atoms with Crippen molar-refractivity contribution >= 4 is 22.8 Å². The molecule has 2 aromatic carbocycles. The van der Waals surface area contributed by atoms with Crippen molar-refractivity contribution in [1.82, 2.24) is 9.88 Å². The molecule has 184 valence electrons. The number of rotatable bonds is 5. The highest BCUT2D eigenvalue weighted by Gasteiger charge is 2.30. The van der Waals surface area contributed by atoms with Gasteiger partial charge in [0.25, 0.3) is 0 Å². The fourth-order valence-electron chi connectivity index (χ4n) is 4.90. The van der Waals surface area contributed by atoms with E-state index in [0.29, 0.717) is 30.0 Å². The van der Waals surface area contributed by atoms with E-state index >= 15 is 0 Å². The maximum Gasteiger partial charge on any atom is 0.337 e. The molecule has 36 heavy (non-hydrogen) atoms. The van der Waals surface area contributed by atoms with E-state index in [4.69, 9.17) is 9.15 Å². The minimum absolute atomic E-state index is 0.0207. The van der Waals surface area contributed by atoms with Crippen LogP contribution in [-0.2, 0) is 22.5 Å². The molecule has 1 amide bonds. The SMILES string of the molecule is COC(=O)c1ccc([C@H](CC(=O)N2CCc3c([nH]c4ccccc34)C2)c2oc(C)cc(=O)c2O)cc1. The molecule has 2 aromatic heterocycles. The van der Waals surface area contributed by atoms with Crippen LogP contribution in [0.4, 0.5) is 0 Å². The van der Waals surface area contributed by atoms with Crippen molar-refractivity contribution in [3.8, 4) is 5.75 Å². The fourth-order valence-corrected chi connectivity index (χ4v) is 4.90. The van der Waals surface area contributed by atoms with Gasteiger partial charge in [-0.2, -0.15) is 0 Å². The summed E-state index contributed by atoms with van der Waals surface area (Å²) in [6, 6.07) is 15.8. The zero-order valence-electron chi connectivity index (χ0n) is 20.0. The van der Waals surface area contributed by atoms with E-state index in [1.807, 2.05) is 18.2 Å². The Morgan fingerprint density at radius 3 is 2.67 bits per heavy atom. The lowest BCUT2D eigenvalue weighted by molar-refractivity contribution is -0.132. The highest BCUT2D eigenvalue weighted by molar-refractivity contribution is 5.89. The van der Waals surface area contributed by atoms with Gasteiger partial charge in [-0.25, -0.2) is 4.79 Å². The molecular formula is C28H26N2O6. The zero-order valence-corrected chi connectivity index (χ0v) is 20.0. The van der Waals surface area contributed by atoms with Crippen LogP contribution in [0.15, 0.2) is 63.8 Å². The number of aromatic nitrogens is 1. The van der Waals surface area contributed by atoms with Crippen molar-refractivity contribution in [3.63, 3.8) is 0 Å². The third kappa shape index (κ3) is 4.26. The topological polar surface area (TPSA) is 113 Å². The van der Waals surface area contributed by atoms with Crippen LogP contribution in [0.3, 0.4) is 0 Å². The largest absolute Gasteiger partial charge is 0.502 e. The quantitative estimate of drug-likeness (QED) is 0.412. The standard InChI is InChI=1S/C28H26N2O6/c1-16-13-24(31)26(33)27(36-16)21(17-7-9-18(10-8-17)28(34)35-2)14-25(32)30-12-11-20-19-5-3-4-6-22(19)29-23(20)15-30/h3-10,13,21,29,33H,11-12,14-15H2,1-2H3/t21-/m0/s1. The molecule has 0 aliphatic carbocycles. The number of aromatic amines is 1. The molecule has 0 saturated carbocycles. The number of H-pyrrole nitrogens is 1. The fraction of sp³-hybridized carbons (Fsp3) is 0.250. The van der Waals surface area contributed by atoms with Gasteiger partial charge in [0.1, 0.15) is 5.76 Å². The van der Waals surface area contributed by atoms with E-state index in [0.717, 1.165) is 17.6 Å². The van der Waals surface area contributed by atoms with Crippen LogP contribution in [0.1, 0.15) is 51.0 Å². The maximum atomic E-state index is 13.5. The molecule has 0 saturated heterocycles. The summed E-state index contributed by atoms with van der Waals surface area (Å²) in [7, 11) is 1.30. The van der Waals surface area contributed by atoms with Crippen LogP contribution in [0, 0.1) is 6.92 Å². The van der Waals surface area contributed by atoms with E-state index in [9.17, 15) is 19.5 Å². The molecule has 0 spiro atoms. The molecule has 8 heteroatoms. The molecule has 1 aliphatic heterocycles. The summed E-state index contributed by atoms with van der Waals surface area (Å²) >= 11 is 0. The van der Waals surface area contributed by atoms with Gasteiger partial charge in [0.15, 0.2) is 5.76 Å². The number of ether oxygens (including phenoxy) is 1. The summed E-state index contributed by atoms with van der Waals surface area (Å²) in [6.45, 7) is 2.62. The number of nitrogens with zero attached hydrogens (tertiary/aromatic N) is 1. The molecule has 3 heterocycles. The Labute approximate surface area is 207 Å². The number of para-hydroxylation sites is 1. The Bertz CT molecular complexity index is 1520. The number of hydrogen-bond donors (Lipinski definition) is 2. The van der Waals surface area contributed by atoms with Crippen molar-refractivity contribution in [2.45, 2.75) is 32.2 Å². The van der Waals surface area contributed by atoms with Crippen molar-refractivity contribution in [2.75, 3.05) is 13.7 Å². The highest BCUT2D eigenvalue weighted by Crippen LogP contribution is 2.35. The molecular weight excluding hydrogens is 460 g/mol. The summed E-state index contributed by atoms with van der Waals surface area (Å²) in [5, 5.41) is 11.7. The first-order valence-electron chi connectivity index (χ1n) is 11.7. The number of fused-ring (bicyclic) bond motifs is 3. The van der Waals surface area contributed by atoms with Crippen molar-refractivity contribution in [2.24, 2.45) is 0 Å². The predicted octanol–water partition coefficient (Wildman–Crippen LogP) is 4.03. The molecule has 5 rings (SSSR count). The van der Waals surface area contributed by atoms with Crippen molar-refractivity contribution < 1.29 is 23.8 Å². The van der Waals surface area contributed by atoms with Gasteiger partial charge >= 0.3 is 5.97 Å². The Morgan fingerprint density at radius 2 is 1.92 bits per heavy atom. The third-order valence-corrected chi connectivity index (χ3v) is 6.74. The number of carbonyl (C=O) groups is 2. The molecule has 8 nitrogen and oxygen atoms in total. The average molecular weight is 487 g/mol. The summed E-state index contributed by atoms with van der Waals surface area (Å²) in [5.41, 5.74) is 3.70. The van der Waals surface area contributed by atoms with Gasteiger partial charge in [-0.05, 0) is 42.7 Å². The summed E-state index contributed by atoms with van der Waals surface area (Å²) in [6.07, 6.45) is 0.710. The van der Waals surface area contributed by atoms with Gasteiger partial charge in [-0.15, -0.1) is 0 Å². The number of methoxy groups -OCH3 is 1. The van der Waals surface area contributed by atoms with E-state index in [1.165, 1.54) is 24.1 Å². The Hall–Kier alpha value is -4.33. The number of esters is 1. The van der Waals surface area contributed by atoms with E-state index in [2.05, 4.69) is 11.1 Å². The normalized spacial score (nSPS) is 13.9. The zero-order chi connectivity index (χ0) is 25.4. The molecule has 0 bridgehead atoms.